The second-order valence-electron chi connectivity index (χ2n) is 6.51. The lowest BCUT2D eigenvalue weighted by Gasteiger charge is -2.25. The average Bonchev–Trinajstić information content (AvgIpc) is 2.44. The summed E-state index contributed by atoms with van der Waals surface area (Å²) < 4.78 is 27.9. The fraction of sp³-hybridized carbons (Fsp3) is 0.529. The van der Waals surface area contributed by atoms with Gasteiger partial charge in [-0.25, -0.2) is 8.78 Å². The standard InChI is InChI=1S/C17H24F2N2O3/c1-11(23)21-14(16-12(18)5-4-6-13(16)19)9-15(24)20-10-17(2,3)7-8-22/h4-6,14,22H,7-10H2,1-3H3,(H,20,24)(H,21,23). The van der Waals surface area contributed by atoms with Crippen LogP contribution in [0.1, 0.15) is 45.2 Å². The fourth-order valence-corrected chi connectivity index (χ4v) is 2.30. The molecule has 0 radical (unpaired) electrons. The van der Waals surface area contributed by atoms with Gasteiger partial charge in [0.25, 0.3) is 0 Å². The first kappa shape index (κ1) is 20.0. The number of hydrogen-bond donors (Lipinski definition) is 3. The van der Waals surface area contributed by atoms with Gasteiger partial charge in [-0.05, 0) is 24.0 Å². The largest absolute Gasteiger partial charge is 0.396 e. The molecule has 0 bridgehead atoms. The van der Waals surface area contributed by atoms with Gasteiger partial charge in [-0.1, -0.05) is 19.9 Å². The normalized spacial score (nSPS) is 12.6. The van der Waals surface area contributed by atoms with Gasteiger partial charge in [-0.3, -0.25) is 9.59 Å². The zero-order chi connectivity index (χ0) is 18.3. The Morgan fingerprint density at radius 3 is 2.33 bits per heavy atom. The summed E-state index contributed by atoms with van der Waals surface area (Å²) in [5.41, 5.74) is -0.644. The summed E-state index contributed by atoms with van der Waals surface area (Å²) in [7, 11) is 0. The van der Waals surface area contributed by atoms with Gasteiger partial charge in [0.15, 0.2) is 0 Å². The Bertz CT molecular complexity index is 571. The maximum Gasteiger partial charge on any atom is 0.222 e. The first-order chi connectivity index (χ1) is 11.2. The topological polar surface area (TPSA) is 78.4 Å². The van der Waals surface area contributed by atoms with E-state index in [0.29, 0.717) is 13.0 Å². The fourth-order valence-electron chi connectivity index (χ4n) is 2.30. The number of aliphatic hydroxyl groups excluding tert-OH is 1. The minimum atomic E-state index is -1.09. The van der Waals surface area contributed by atoms with Crippen LogP contribution in [0.3, 0.4) is 0 Å². The van der Waals surface area contributed by atoms with Crippen molar-refractivity contribution in [2.75, 3.05) is 13.2 Å². The molecule has 2 amide bonds. The molecule has 3 N–H and O–H groups in total. The number of benzene rings is 1. The highest BCUT2D eigenvalue weighted by Gasteiger charge is 2.25. The first-order valence-corrected chi connectivity index (χ1v) is 7.75. The summed E-state index contributed by atoms with van der Waals surface area (Å²) in [4.78, 5) is 23.4. The molecule has 0 fully saturated rings. The van der Waals surface area contributed by atoms with Crippen LogP contribution in [-0.2, 0) is 9.59 Å². The Hall–Kier alpha value is -2.02. The van der Waals surface area contributed by atoms with Crippen molar-refractivity contribution >= 4 is 11.8 Å². The lowest BCUT2D eigenvalue weighted by atomic mass is 9.89. The summed E-state index contributed by atoms with van der Waals surface area (Å²) in [5.74, 6) is -2.57. The first-order valence-electron chi connectivity index (χ1n) is 7.75. The number of halogens is 2. The van der Waals surface area contributed by atoms with E-state index in [0.717, 1.165) is 12.1 Å². The van der Waals surface area contributed by atoms with Crippen molar-refractivity contribution in [2.45, 2.75) is 39.7 Å². The third-order valence-corrected chi connectivity index (χ3v) is 3.67. The molecule has 5 nitrogen and oxygen atoms in total. The van der Waals surface area contributed by atoms with Gasteiger partial charge < -0.3 is 15.7 Å². The van der Waals surface area contributed by atoms with Crippen molar-refractivity contribution in [1.82, 2.24) is 10.6 Å². The Kier molecular flexibility index (Phi) is 7.28. The molecule has 0 saturated carbocycles. The molecule has 1 aromatic carbocycles. The van der Waals surface area contributed by atoms with Crippen LogP contribution in [0.15, 0.2) is 18.2 Å². The van der Waals surface area contributed by atoms with Crippen molar-refractivity contribution in [3.63, 3.8) is 0 Å². The summed E-state index contributed by atoms with van der Waals surface area (Å²) in [6, 6.07) is 2.28. The molecule has 1 atom stereocenters. The molecule has 0 heterocycles. The Balaban J connectivity index is 2.84. The summed E-state index contributed by atoms with van der Waals surface area (Å²) in [5, 5.41) is 14.1. The monoisotopic (exact) mass is 342 g/mol. The number of amides is 2. The Morgan fingerprint density at radius 2 is 1.83 bits per heavy atom. The van der Waals surface area contributed by atoms with Crippen molar-refractivity contribution in [3.05, 3.63) is 35.4 Å². The van der Waals surface area contributed by atoms with Crippen molar-refractivity contribution < 1.29 is 23.5 Å². The number of carbonyl (C=O) groups excluding carboxylic acids is 2. The number of rotatable bonds is 8. The maximum atomic E-state index is 13.9. The van der Waals surface area contributed by atoms with E-state index in [-0.39, 0.29) is 24.0 Å². The highest BCUT2D eigenvalue weighted by molar-refractivity contribution is 5.79. The van der Waals surface area contributed by atoms with Gasteiger partial charge in [0.1, 0.15) is 11.6 Å². The lowest BCUT2D eigenvalue weighted by molar-refractivity contribution is -0.123. The minimum absolute atomic E-state index is 0.00216. The van der Waals surface area contributed by atoms with E-state index >= 15 is 0 Å². The molecule has 7 heteroatoms. The smallest absolute Gasteiger partial charge is 0.222 e. The predicted molar refractivity (Wildman–Crippen MR) is 86.0 cm³/mol. The Morgan fingerprint density at radius 1 is 1.25 bits per heavy atom. The van der Waals surface area contributed by atoms with Gasteiger partial charge >= 0.3 is 0 Å². The number of hydrogen-bond acceptors (Lipinski definition) is 3. The van der Waals surface area contributed by atoms with E-state index in [1.807, 2.05) is 13.8 Å². The highest BCUT2D eigenvalue weighted by Crippen LogP contribution is 2.24. The molecule has 1 rings (SSSR count). The van der Waals surface area contributed by atoms with E-state index in [9.17, 15) is 18.4 Å². The van der Waals surface area contributed by atoms with Crippen LogP contribution >= 0.6 is 0 Å². The lowest BCUT2D eigenvalue weighted by Crippen LogP contribution is -2.38. The molecule has 1 aromatic rings. The average molecular weight is 342 g/mol. The number of carbonyl (C=O) groups is 2. The third kappa shape index (κ3) is 6.23. The molecule has 0 aromatic heterocycles. The minimum Gasteiger partial charge on any atom is -0.396 e. The third-order valence-electron chi connectivity index (χ3n) is 3.67. The quantitative estimate of drug-likeness (QED) is 0.677. The summed E-state index contributed by atoms with van der Waals surface area (Å²) in [6.45, 7) is 5.28. The number of aliphatic hydroxyl groups is 1. The maximum absolute atomic E-state index is 13.9. The zero-order valence-corrected chi connectivity index (χ0v) is 14.2. The SMILES string of the molecule is CC(=O)NC(CC(=O)NCC(C)(C)CCO)c1c(F)cccc1F. The second kappa shape index (κ2) is 8.73. The van der Waals surface area contributed by atoms with Crippen LogP contribution in [0.2, 0.25) is 0 Å². The highest BCUT2D eigenvalue weighted by atomic mass is 19.1. The number of nitrogens with one attached hydrogen (secondary N) is 2. The summed E-state index contributed by atoms with van der Waals surface area (Å²) >= 11 is 0. The molecule has 24 heavy (non-hydrogen) atoms. The van der Waals surface area contributed by atoms with Gasteiger partial charge in [0.2, 0.25) is 11.8 Å². The molecule has 134 valence electrons. The van der Waals surface area contributed by atoms with Gasteiger partial charge in [0, 0.05) is 25.6 Å². The molecule has 0 aliphatic rings. The van der Waals surface area contributed by atoms with Crippen LogP contribution < -0.4 is 10.6 Å². The van der Waals surface area contributed by atoms with E-state index in [4.69, 9.17) is 5.11 Å². The van der Waals surface area contributed by atoms with E-state index < -0.39 is 29.5 Å². The van der Waals surface area contributed by atoms with Gasteiger partial charge in [-0.15, -0.1) is 0 Å². The van der Waals surface area contributed by atoms with E-state index in [1.165, 1.54) is 13.0 Å². The Labute approximate surface area is 140 Å². The molecule has 0 spiro atoms. The molecular weight excluding hydrogens is 318 g/mol. The molecule has 0 aliphatic heterocycles. The van der Waals surface area contributed by atoms with Crippen molar-refractivity contribution in [3.8, 4) is 0 Å². The van der Waals surface area contributed by atoms with Crippen LogP contribution in [-0.4, -0.2) is 30.1 Å². The van der Waals surface area contributed by atoms with Gasteiger partial charge in [0.05, 0.1) is 12.5 Å². The van der Waals surface area contributed by atoms with E-state index in [2.05, 4.69) is 10.6 Å². The van der Waals surface area contributed by atoms with Crippen LogP contribution in [0, 0.1) is 17.0 Å². The van der Waals surface area contributed by atoms with Crippen LogP contribution in [0.4, 0.5) is 8.78 Å². The van der Waals surface area contributed by atoms with Crippen molar-refractivity contribution in [1.29, 1.82) is 0 Å². The van der Waals surface area contributed by atoms with E-state index in [1.54, 1.807) is 0 Å². The van der Waals surface area contributed by atoms with Crippen molar-refractivity contribution in [2.24, 2.45) is 5.41 Å². The summed E-state index contributed by atoms with van der Waals surface area (Å²) in [6.07, 6.45) is 0.219. The van der Waals surface area contributed by atoms with Crippen LogP contribution in [0.25, 0.3) is 0 Å². The molecule has 0 aliphatic carbocycles. The molecular formula is C17H24F2N2O3. The molecule has 1 unspecified atom stereocenters. The van der Waals surface area contributed by atoms with Gasteiger partial charge in [-0.2, -0.15) is 0 Å². The predicted octanol–water partition coefficient (Wildman–Crippen LogP) is 2.06. The molecule has 0 saturated heterocycles. The zero-order valence-electron chi connectivity index (χ0n) is 14.2. The second-order valence-corrected chi connectivity index (χ2v) is 6.51. The van der Waals surface area contributed by atoms with Crippen LogP contribution in [0.5, 0.6) is 0 Å².